The summed E-state index contributed by atoms with van der Waals surface area (Å²) in [7, 11) is 0. The number of hydrogen-bond acceptors (Lipinski definition) is 3. The summed E-state index contributed by atoms with van der Waals surface area (Å²) in [5.74, 6) is 0. The van der Waals surface area contributed by atoms with Crippen LogP contribution in [0.4, 0.5) is 0 Å². The first-order valence-corrected chi connectivity index (χ1v) is 3.57. The molecule has 0 aliphatic rings. The second-order valence-corrected chi connectivity index (χ2v) is 3.17. The van der Waals surface area contributed by atoms with E-state index in [1.54, 1.807) is 20.8 Å². The van der Waals surface area contributed by atoms with Crippen molar-refractivity contribution in [2.75, 3.05) is 0 Å². The van der Waals surface area contributed by atoms with Crippen molar-refractivity contribution in [1.29, 1.82) is 0 Å². The van der Waals surface area contributed by atoms with Crippen LogP contribution in [0.1, 0.15) is 20.8 Å². The van der Waals surface area contributed by atoms with Crippen LogP contribution in [0.2, 0.25) is 0 Å². The van der Waals surface area contributed by atoms with Crippen molar-refractivity contribution in [3.05, 3.63) is 0 Å². The Labute approximate surface area is 71.5 Å². The Balaban J connectivity index is 4.12. The molecule has 0 aromatic carbocycles. The molecule has 0 atom stereocenters. The number of aliphatic hydroxyl groups is 1. The predicted molar refractivity (Wildman–Crippen MR) is 49.3 cm³/mol. The van der Waals surface area contributed by atoms with Crippen LogP contribution in [0, 0.1) is 0 Å². The van der Waals surface area contributed by atoms with Gasteiger partial charge in [-0.05, 0) is 33.0 Å². The number of hydrogen-bond donors (Lipinski definition) is 3. The van der Waals surface area contributed by atoms with Crippen LogP contribution in [0.3, 0.4) is 0 Å². The molecule has 4 nitrogen and oxygen atoms in total. The number of rotatable bonds is 2. The average Bonchev–Trinajstić information content (AvgIpc) is 1.80. The van der Waals surface area contributed by atoms with Crippen LogP contribution >= 0.6 is 12.2 Å². The summed E-state index contributed by atoms with van der Waals surface area (Å²) in [5, 5.41) is 13.2. The number of nitrogens with zero attached hydrogens (tertiary/aromatic N) is 1. The van der Waals surface area contributed by atoms with Gasteiger partial charge in [0.1, 0.15) is 0 Å². The molecule has 0 radical (unpaired) electrons. The molecule has 0 unspecified atom stereocenters. The van der Waals surface area contributed by atoms with Gasteiger partial charge in [0.15, 0.2) is 5.11 Å². The van der Waals surface area contributed by atoms with E-state index >= 15 is 0 Å². The van der Waals surface area contributed by atoms with E-state index in [1.807, 2.05) is 0 Å². The molecule has 0 amide bonds. The van der Waals surface area contributed by atoms with Crippen LogP contribution in [0.25, 0.3) is 0 Å². The van der Waals surface area contributed by atoms with Gasteiger partial charge in [0.05, 0.1) is 11.3 Å². The minimum atomic E-state index is -0.933. The predicted octanol–water partition coefficient (Wildman–Crippen LogP) is -0.0336. The van der Waals surface area contributed by atoms with E-state index in [9.17, 15) is 5.11 Å². The highest BCUT2D eigenvalue weighted by Crippen LogP contribution is 2.02. The van der Waals surface area contributed by atoms with Gasteiger partial charge in [-0.3, -0.25) is 5.43 Å². The summed E-state index contributed by atoms with van der Waals surface area (Å²) in [6, 6.07) is 0. The molecule has 0 aromatic heterocycles. The average molecular weight is 175 g/mol. The van der Waals surface area contributed by atoms with Gasteiger partial charge in [0, 0.05) is 0 Å². The Hall–Kier alpha value is -0.680. The third-order valence-corrected chi connectivity index (χ3v) is 1.31. The van der Waals surface area contributed by atoms with Crippen LogP contribution in [0.5, 0.6) is 0 Å². The minimum absolute atomic E-state index is 0.0913. The topological polar surface area (TPSA) is 70.6 Å². The van der Waals surface area contributed by atoms with E-state index < -0.39 is 5.60 Å². The van der Waals surface area contributed by atoms with Gasteiger partial charge in [-0.2, -0.15) is 5.10 Å². The molecule has 0 fully saturated rings. The quantitative estimate of drug-likeness (QED) is 0.313. The molecule has 0 saturated carbocycles. The van der Waals surface area contributed by atoms with Crippen molar-refractivity contribution in [3.8, 4) is 0 Å². The Morgan fingerprint density at radius 1 is 1.64 bits per heavy atom. The fraction of sp³-hybridized carbons (Fsp3) is 0.667. The lowest BCUT2D eigenvalue weighted by molar-refractivity contribution is 0.152. The fourth-order valence-corrected chi connectivity index (χ4v) is 0.321. The molecule has 0 aliphatic heterocycles. The van der Waals surface area contributed by atoms with Gasteiger partial charge < -0.3 is 10.8 Å². The summed E-state index contributed by atoms with van der Waals surface area (Å²) in [4.78, 5) is 0. The van der Waals surface area contributed by atoms with Gasteiger partial charge in [-0.1, -0.05) is 0 Å². The summed E-state index contributed by atoms with van der Waals surface area (Å²) in [6.07, 6.45) is 0. The first kappa shape index (κ1) is 10.3. The summed E-state index contributed by atoms with van der Waals surface area (Å²) in [5.41, 5.74) is 7.10. The summed E-state index contributed by atoms with van der Waals surface area (Å²) >= 11 is 4.51. The SMILES string of the molecule is C/C(=N/NC(N)=S)C(C)(C)O. The Morgan fingerprint density at radius 3 is 2.36 bits per heavy atom. The zero-order valence-corrected chi connectivity index (χ0v) is 7.70. The van der Waals surface area contributed by atoms with E-state index in [4.69, 9.17) is 5.73 Å². The largest absolute Gasteiger partial charge is 0.384 e. The monoisotopic (exact) mass is 175 g/mol. The second-order valence-electron chi connectivity index (χ2n) is 2.73. The molecule has 4 N–H and O–H groups in total. The van der Waals surface area contributed by atoms with Crippen LogP contribution < -0.4 is 11.2 Å². The molecule has 0 saturated heterocycles. The number of nitrogens with two attached hydrogens (primary N) is 1. The van der Waals surface area contributed by atoms with E-state index in [2.05, 4.69) is 22.7 Å². The standard InChI is InChI=1S/C6H13N3OS/c1-4(6(2,3)10)8-9-5(7)11/h10H,1-3H3,(H3,7,9,11)/b8-4-. The minimum Gasteiger partial charge on any atom is -0.384 e. The first-order chi connectivity index (χ1) is 4.84. The van der Waals surface area contributed by atoms with Crippen molar-refractivity contribution in [1.82, 2.24) is 5.43 Å². The van der Waals surface area contributed by atoms with Crippen molar-refractivity contribution in [3.63, 3.8) is 0 Å². The maximum atomic E-state index is 9.34. The van der Waals surface area contributed by atoms with Gasteiger partial charge in [0.2, 0.25) is 0 Å². The molecular weight excluding hydrogens is 162 g/mol. The fourth-order valence-electron chi connectivity index (χ4n) is 0.276. The van der Waals surface area contributed by atoms with Gasteiger partial charge >= 0.3 is 0 Å². The number of hydrazone groups is 1. The molecule has 0 aliphatic carbocycles. The molecule has 64 valence electrons. The van der Waals surface area contributed by atoms with Crippen molar-refractivity contribution < 1.29 is 5.11 Å². The Kier molecular flexibility index (Phi) is 3.41. The van der Waals surface area contributed by atoms with Gasteiger partial charge in [-0.25, -0.2) is 0 Å². The normalized spacial score (nSPS) is 12.9. The second kappa shape index (κ2) is 3.64. The molecule has 0 spiro atoms. The maximum absolute atomic E-state index is 9.34. The highest BCUT2D eigenvalue weighted by Gasteiger charge is 2.16. The molecule has 0 aromatic rings. The van der Waals surface area contributed by atoms with E-state index in [-0.39, 0.29) is 5.11 Å². The zero-order valence-electron chi connectivity index (χ0n) is 6.88. The van der Waals surface area contributed by atoms with Gasteiger partial charge in [-0.15, -0.1) is 0 Å². The molecular formula is C6H13N3OS. The maximum Gasteiger partial charge on any atom is 0.184 e. The van der Waals surface area contributed by atoms with Crippen LogP contribution in [-0.2, 0) is 0 Å². The molecule has 0 heterocycles. The van der Waals surface area contributed by atoms with Crippen LogP contribution in [0.15, 0.2) is 5.10 Å². The molecule has 5 heteroatoms. The Morgan fingerprint density at radius 2 is 2.09 bits per heavy atom. The van der Waals surface area contributed by atoms with Crippen LogP contribution in [-0.4, -0.2) is 21.5 Å². The van der Waals surface area contributed by atoms with Crippen molar-refractivity contribution >= 4 is 23.0 Å². The smallest absolute Gasteiger partial charge is 0.184 e. The lowest BCUT2D eigenvalue weighted by Gasteiger charge is -2.16. The summed E-state index contributed by atoms with van der Waals surface area (Å²) < 4.78 is 0. The summed E-state index contributed by atoms with van der Waals surface area (Å²) in [6.45, 7) is 4.95. The third-order valence-electron chi connectivity index (χ3n) is 1.22. The third kappa shape index (κ3) is 4.69. The first-order valence-electron chi connectivity index (χ1n) is 3.16. The zero-order chi connectivity index (χ0) is 9.07. The van der Waals surface area contributed by atoms with Gasteiger partial charge in [0.25, 0.3) is 0 Å². The van der Waals surface area contributed by atoms with E-state index in [0.717, 1.165) is 0 Å². The Bertz CT molecular complexity index is 183. The van der Waals surface area contributed by atoms with E-state index in [0.29, 0.717) is 5.71 Å². The lowest BCUT2D eigenvalue weighted by atomic mass is 10.1. The van der Waals surface area contributed by atoms with Crippen molar-refractivity contribution in [2.24, 2.45) is 10.8 Å². The number of thiocarbonyl (C=S) groups is 1. The molecule has 11 heavy (non-hydrogen) atoms. The molecule has 0 rings (SSSR count). The van der Waals surface area contributed by atoms with Crippen molar-refractivity contribution in [2.45, 2.75) is 26.4 Å². The lowest BCUT2D eigenvalue weighted by Crippen LogP contribution is -2.33. The van der Waals surface area contributed by atoms with E-state index in [1.165, 1.54) is 0 Å². The highest BCUT2D eigenvalue weighted by atomic mass is 32.1. The molecule has 0 bridgehead atoms. The number of nitrogens with one attached hydrogen (secondary N) is 1. The highest BCUT2D eigenvalue weighted by molar-refractivity contribution is 7.80.